The average Bonchev–Trinajstić information content (AvgIpc) is 2.73. The fourth-order valence-electron chi connectivity index (χ4n) is 2.41. The number of aryl methyl sites for hydroxylation is 3. The van der Waals surface area contributed by atoms with Gasteiger partial charge < -0.3 is 14.1 Å². The summed E-state index contributed by atoms with van der Waals surface area (Å²) < 4.78 is 11.3. The maximum Gasteiger partial charge on any atom is 0.257 e. The lowest BCUT2D eigenvalue weighted by Crippen LogP contribution is -2.31. The summed E-state index contributed by atoms with van der Waals surface area (Å²) in [7, 11) is 1.78. The molecule has 0 aliphatic carbocycles. The predicted octanol–water partition coefficient (Wildman–Crippen LogP) is 3.66. The third kappa shape index (κ3) is 3.32. The van der Waals surface area contributed by atoms with Crippen LogP contribution in [0, 0.1) is 27.7 Å². The van der Waals surface area contributed by atoms with Gasteiger partial charge in [0.25, 0.3) is 5.91 Å². The second kappa shape index (κ2) is 6.69. The Kier molecular flexibility index (Phi) is 4.91. The number of hydrogen-bond donors (Lipinski definition) is 0. The summed E-state index contributed by atoms with van der Waals surface area (Å²) in [5.41, 5.74) is 2.67. The summed E-state index contributed by atoms with van der Waals surface area (Å²) >= 11 is 0. The number of benzene rings is 1. The van der Waals surface area contributed by atoms with Crippen molar-refractivity contribution in [3.8, 4) is 5.75 Å². The van der Waals surface area contributed by atoms with Crippen LogP contribution >= 0.6 is 0 Å². The zero-order chi connectivity index (χ0) is 16.3. The van der Waals surface area contributed by atoms with Gasteiger partial charge in [-0.25, -0.2) is 0 Å². The molecule has 1 amide bonds. The number of nitrogens with zero attached hydrogens (tertiary/aromatic N) is 1. The number of ether oxygens (including phenoxy) is 1. The van der Waals surface area contributed by atoms with Gasteiger partial charge in [-0.2, -0.15) is 0 Å². The number of rotatable bonds is 5. The minimum absolute atomic E-state index is 0.0276. The largest absolute Gasteiger partial charge is 0.491 e. The number of carbonyl (C=O) groups excluding carboxylic acids is 1. The van der Waals surface area contributed by atoms with E-state index < -0.39 is 0 Å². The molecule has 0 saturated carbocycles. The highest BCUT2D eigenvalue weighted by atomic mass is 16.5. The van der Waals surface area contributed by atoms with Crippen LogP contribution in [0.25, 0.3) is 0 Å². The molecule has 1 aromatic heterocycles. The lowest BCUT2D eigenvalue weighted by Gasteiger charge is -2.18. The zero-order valence-electron chi connectivity index (χ0n) is 13.9. The molecule has 0 aliphatic rings. The summed E-state index contributed by atoms with van der Waals surface area (Å²) in [5, 5.41) is 0. The van der Waals surface area contributed by atoms with Crippen molar-refractivity contribution in [1.29, 1.82) is 0 Å². The highest BCUT2D eigenvalue weighted by molar-refractivity contribution is 5.96. The zero-order valence-corrected chi connectivity index (χ0v) is 13.9. The highest BCUT2D eigenvalue weighted by Gasteiger charge is 2.21. The first-order valence-corrected chi connectivity index (χ1v) is 7.42. The van der Waals surface area contributed by atoms with Crippen LogP contribution < -0.4 is 4.74 Å². The topological polar surface area (TPSA) is 42.7 Å². The number of likely N-dealkylation sites (N-methyl/N-ethyl adjacent to an activating group) is 1. The number of para-hydroxylation sites is 1. The number of hydrogen-bond acceptors (Lipinski definition) is 3. The van der Waals surface area contributed by atoms with Crippen molar-refractivity contribution < 1.29 is 13.9 Å². The van der Waals surface area contributed by atoms with Crippen LogP contribution in [0.5, 0.6) is 5.75 Å². The standard InChI is InChI=1S/C18H23NO3/c1-12-8-6-7-9-16(12)21-11-10-19(5)18(20)17-13(2)14(3)22-15(17)4/h6-9H,10-11H2,1-5H3. The Hall–Kier alpha value is -2.23. The van der Waals surface area contributed by atoms with Crippen molar-refractivity contribution in [2.75, 3.05) is 20.2 Å². The maximum atomic E-state index is 12.5. The highest BCUT2D eigenvalue weighted by Crippen LogP contribution is 2.22. The van der Waals surface area contributed by atoms with Gasteiger partial charge in [0, 0.05) is 12.6 Å². The molecule has 0 bridgehead atoms. The van der Waals surface area contributed by atoms with E-state index in [1.54, 1.807) is 11.9 Å². The Morgan fingerprint density at radius 2 is 1.82 bits per heavy atom. The molecular weight excluding hydrogens is 278 g/mol. The second-order valence-corrected chi connectivity index (χ2v) is 5.56. The number of amides is 1. The van der Waals surface area contributed by atoms with Crippen LogP contribution in [-0.2, 0) is 0 Å². The normalized spacial score (nSPS) is 10.6. The Morgan fingerprint density at radius 3 is 2.41 bits per heavy atom. The fraction of sp³-hybridized carbons (Fsp3) is 0.389. The lowest BCUT2D eigenvalue weighted by atomic mass is 10.1. The van der Waals surface area contributed by atoms with Crippen molar-refractivity contribution in [3.63, 3.8) is 0 Å². The van der Waals surface area contributed by atoms with Gasteiger partial charge in [0.1, 0.15) is 23.9 Å². The van der Waals surface area contributed by atoms with Gasteiger partial charge in [-0.15, -0.1) is 0 Å². The van der Waals surface area contributed by atoms with Crippen molar-refractivity contribution in [2.45, 2.75) is 27.7 Å². The van der Waals surface area contributed by atoms with Crippen molar-refractivity contribution in [3.05, 3.63) is 52.5 Å². The Bertz CT molecular complexity index is 673. The Morgan fingerprint density at radius 1 is 1.14 bits per heavy atom. The first kappa shape index (κ1) is 16.1. The van der Waals surface area contributed by atoms with Crippen LogP contribution in [0.4, 0.5) is 0 Å². The first-order valence-electron chi connectivity index (χ1n) is 7.42. The quantitative estimate of drug-likeness (QED) is 0.846. The van der Waals surface area contributed by atoms with Crippen LogP contribution in [0.2, 0.25) is 0 Å². The van der Waals surface area contributed by atoms with Crippen molar-refractivity contribution in [1.82, 2.24) is 4.90 Å². The van der Waals surface area contributed by atoms with E-state index in [0.717, 1.165) is 22.6 Å². The van der Waals surface area contributed by atoms with Crippen molar-refractivity contribution in [2.24, 2.45) is 0 Å². The average molecular weight is 301 g/mol. The SMILES string of the molecule is Cc1ccccc1OCCN(C)C(=O)c1c(C)oc(C)c1C. The van der Waals surface area contributed by atoms with E-state index >= 15 is 0 Å². The van der Waals surface area contributed by atoms with Gasteiger partial charge in [0.15, 0.2) is 0 Å². The van der Waals surface area contributed by atoms with E-state index in [1.165, 1.54) is 0 Å². The Balaban J connectivity index is 1.96. The van der Waals surface area contributed by atoms with Crippen LogP contribution in [0.15, 0.2) is 28.7 Å². The molecule has 4 nitrogen and oxygen atoms in total. The molecule has 0 atom stereocenters. The number of furan rings is 1. The summed E-state index contributed by atoms with van der Waals surface area (Å²) in [6.07, 6.45) is 0. The second-order valence-electron chi connectivity index (χ2n) is 5.56. The molecule has 0 fully saturated rings. The van der Waals surface area contributed by atoms with Gasteiger partial charge >= 0.3 is 0 Å². The molecule has 22 heavy (non-hydrogen) atoms. The van der Waals surface area contributed by atoms with Gasteiger partial charge in [-0.1, -0.05) is 18.2 Å². The lowest BCUT2D eigenvalue weighted by molar-refractivity contribution is 0.0771. The molecule has 0 N–H and O–H groups in total. The van der Waals surface area contributed by atoms with Crippen LogP contribution in [-0.4, -0.2) is 31.0 Å². The third-order valence-corrected chi connectivity index (χ3v) is 3.90. The minimum atomic E-state index is -0.0276. The molecule has 2 aromatic rings. The summed E-state index contributed by atoms with van der Waals surface area (Å²) in [6, 6.07) is 7.86. The summed E-state index contributed by atoms with van der Waals surface area (Å²) in [4.78, 5) is 14.2. The van der Waals surface area contributed by atoms with E-state index in [0.29, 0.717) is 24.5 Å². The van der Waals surface area contributed by atoms with Gasteiger partial charge in [-0.3, -0.25) is 4.79 Å². The maximum absolute atomic E-state index is 12.5. The van der Waals surface area contributed by atoms with Gasteiger partial charge in [0.05, 0.1) is 12.1 Å². The fourth-order valence-corrected chi connectivity index (χ4v) is 2.41. The molecule has 2 rings (SSSR count). The molecule has 0 spiro atoms. The number of carbonyl (C=O) groups is 1. The minimum Gasteiger partial charge on any atom is -0.491 e. The first-order chi connectivity index (χ1) is 10.4. The Labute approximate surface area is 131 Å². The van der Waals surface area contributed by atoms with E-state index in [4.69, 9.17) is 9.15 Å². The van der Waals surface area contributed by atoms with Gasteiger partial charge in [-0.05, 0) is 39.3 Å². The molecule has 0 aliphatic heterocycles. The molecule has 1 heterocycles. The summed E-state index contributed by atoms with van der Waals surface area (Å²) in [6.45, 7) is 8.60. The van der Waals surface area contributed by atoms with E-state index in [1.807, 2.05) is 52.0 Å². The molecule has 0 saturated heterocycles. The van der Waals surface area contributed by atoms with Crippen molar-refractivity contribution >= 4 is 5.91 Å². The molecule has 0 unspecified atom stereocenters. The van der Waals surface area contributed by atoms with E-state index in [-0.39, 0.29) is 5.91 Å². The van der Waals surface area contributed by atoms with Crippen LogP contribution in [0.1, 0.15) is 33.0 Å². The predicted molar refractivity (Wildman–Crippen MR) is 86.6 cm³/mol. The third-order valence-electron chi connectivity index (χ3n) is 3.90. The van der Waals surface area contributed by atoms with Crippen LogP contribution in [0.3, 0.4) is 0 Å². The van der Waals surface area contributed by atoms with E-state index in [9.17, 15) is 4.79 Å². The summed E-state index contributed by atoms with van der Waals surface area (Å²) in [5.74, 6) is 2.30. The molecular formula is C18H23NO3. The molecule has 0 radical (unpaired) electrons. The molecule has 1 aromatic carbocycles. The monoisotopic (exact) mass is 301 g/mol. The molecule has 4 heteroatoms. The molecule has 118 valence electrons. The van der Waals surface area contributed by atoms with E-state index in [2.05, 4.69) is 0 Å². The van der Waals surface area contributed by atoms with Gasteiger partial charge in [0.2, 0.25) is 0 Å². The smallest absolute Gasteiger partial charge is 0.257 e.